The molecule has 0 amide bonds. The fourth-order valence-electron chi connectivity index (χ4n) is 3.30. The first-order valence-electron chi connectivity index (χ1n) is 8.85. The van der Waals surface area contributed by atoms with Gasteiger partial charge in [0.2, 0.25) is 0 Å². The van der Waals surface area contributed by atoms with E-state index in [2.05, 4.69) is 0 Å². The maximum Gasteiger partial charge on any atom is 0.162 e. The Balaban J connectivity index is 1.79. The molecule has 0 radical (unpaired) electrons. The van der Waals surface area contributed by atoms with Gasteiger partial charge in [-0.1, -0.05) is 6.07 Å². The SMILES string of the molecule is COc1ccc(/C=C/N2C(C)=CC(O)C=C2C)cc1OC1CCS(=O)(=O)C1. The molecule has 1 saturated heterocycles. The summed E-state index contributed by atoms with van der Waals surface area (Å²) < 4.78 is 34.6. The molecule has 1 unspecified atom stereocenters. The van der Waals surface area contributed by atoms with Crippen molar-refractivity contribution < 1.29 is 23.0 Å². The summed E-state index contributed by atoms with van der Waals surface area (Å²) in [5.74, 6) is 1.32. The van der Waals surface area contributed by atoms with Crippen molar-refractivity contribution in [1.82, 2.24) is 4.90 Å². The van der Waals surface area contributed by atoms with Crippen LogP contribution >= 0.6 is 0 Å². The number of aliphatic hydroxyl groups excluding tert-OH is 1. The monoisotopic (exact) mass is 391 g/mol. The van der Waals surface area contributed by atoms with Gasteiger partial charge < -0.3 is 19.5 Å². The topological polar surface area (TPSA) is 76.1 Å². The molecule has 2 aliphatic heterocycles. The summed E-state index contributed by atoms with van der Waals surface area (Å²) in [6, 6.07) is 5.56. The van der Waals surface area contributed by atoms with Crippen molar-refractivity contribution in [3.63, 3.8) is 0 Å². The molecule has 1 aromatic carbocycles. The molecular formula is C20H25NO5S. The number of rotatable bonds is 5. The molecule has 0 bridgehead atoms. The van der Waals surface area contributed by atoms with Crippen LogP contribution in [0.3, 0.4) is 0 Å². The first kappa shape index (κ1) is 19.5. The second-order valence-corrected chi connectivity index (χ2v) is 9.07. The lowest BCUT2D eigenvalue weighted by Gasteiger charge is -2.27. The highest BCUT2D eigenvalue weighted by Gasteiger charge is 2.30. The minimum atomic E-state index is -3.01. The van der Waals surface area contributed by atoms with Crippen molar-refractivity contribution in [2.45, 2.75) is 32.5 Å². The molecule has 6 nitrogen and oxygen atoms in total. The van der Waals surface area contributed by atoms with Gasteiger partial charge in [0.25, 0.3) is 0 Å². The highest BCUT2D eigenvalue weighted by Crippen LogP contribution is 2.31. The molecule has 0 spiro atoms. The smallest absolute Gasteiger partial charge is 0.162 e. The zero-order chi connectivity index (χ0) is 19.6. The van der Waals surface area contributed by atoms with Crippen molar-refractivity contribution in [1.29, 1.82) is 0 Å². The number of hydrogen-bond acceptors (Lipinski definition) is 6. The number of ether oxygens (including phenoxy) is 2. The number of sulfone groups is 1. The van der Waals surface area contributed by atoms with E-state index >= 15 is 0 Å². The van der Waals surface area contributed by atoms with Crippen molar-refractivity contribution >= 4 is 15.9 Å². The van der Waals surface area contributed by atoms with Crippen molar-refractivity contribution in [3.05, 3.63) is 53.5 Å². The molecule has 0 aliphatic carbocycles. The lowest BCUT2D eigenvalue weighted by molar-refractivity contribution is 0.218. The predicted octanol–water partition coefficient (Wildman–Crippen LogP) is 2.72. The fraction of sp³-hybridized carbons (Fsp3) is 0.400. The number of hydrogen-bond donors (Lipinski definition) is 1. The van der Waals surface area contributed by atoms with Gasteiger partial charge in [-0.05, 0) is 56.2 Å². The summed E-state index contributed by atoms with van der Waals surface area (Å²) in [7, 11) is -1.45. The molecule has 146 valence electrons. The standard InChI is InChI=1S/C20H25NO5S/c1-14-10-17(22)11-15(2)21(14)8-6-16-4-5-19(25-3)20(12-16)26-18-7-9-27(23,24)13-18/h4-6,8,10-12,17-18,22H,7,9,13H2,1-3H3/b8-6+. The quantitative estimate of drug-likeness (QED) is 0.832. The van der Waals surface area contributed by atoms with Gasteiger partial charge in [-0.15, -0.1) is 0 Å². The number of benzene rings is 1. The average molecular weight is 391 g/mol. The van der Waals surface area contributed by atoms with Crippen LogP contribution in [0.2, 0.25) is 0 Å². The second kappa shape index (κ2) is 7.78. The van der Waals surface area contributed by atoms with Crippen LogP contribution in [0.5, 0.6) is 11.5 Å². The molecule has 0 saturated carbocycles. The maximum atomic E-state index is 11.7. The van der Waals surface area contributed by atoms with E-state index in [1.54, 1.807) is 19.3 Å². The molecule has 2 heterocycles. The summed E-state index contributed by atoms with van der Waals surface area (Å²) >= 11 is 0. The minimum Gasteiger partial charge on any atom is -0.493 e. The Morgan fingerprint density at radius 1 is 1.19 bits per heavy atom. The van der Waals surface area contributed by atoms with E-state index in [1.807, 2.05) is 49.2 Å². The molecule has 2 aliphatic rings. The van der Waals surface area contributed by atoms with Crippen molar-refractivity contribution in [3.8, 4) is 11.5 Å². The molecule has 7 heteroatoms. The third-order valence-electron chi connectivity index (χ3n) is 4.67. The third-order valence-corrected chi connectivity index (χ3v) is 6.41. The summed E-state index contributed by atoms with van der Waals surface area (Å²) in [4.78, 5) is 1.99. The van der Waals surface area contributed by atoms with Crippen LogP contribution in [0.4, 0.5) is 0 Å². The number of allylic oxidation sites excluding steroid dienone is 2. The van der Waals surface area contributed by atoms with Crippen LogP contribution < -0.4 is 9.47 Å². The van der Waals surface area contributed by atoms with E-state index in [0.29, 0.717) is 17.9 Å². The number of aliphatic hydroxyl groups is 1. The number of nitrogens with zero attached hydrogens (tertiary/aromatic N) is 1. The van der Waals surface area contributed by atoms with E-state index in [1.165, 1.54) is 0 Å². The average Bonchev–Trinajstić information content (AvgIpc) is 2.92. The third kappa shape index (κ3) is 4.73. The lowest BCUT2D eigenvalue weighted by atomic mass is 10.1. The minimum absolute atomic E-state index is 0.0420. The predicted molar refractivity (Wildman–Crippen MR) is 105 cm³/mol. The van der Waals surface area contributed by atoms with Gasteiger partial charge in [0.05, 0.1) is 24.7 Å². The summed E-state index contributed by atoms with van der Waals surface area (Å²) in [6.07, 6.45) is 7.01. The van der Waals surface area contributed by atoms with Crippen LogP contribution in [-0.4, -0.2) is 49.2 Å². The largest absolute Gasteiger partial charge is 0.493 e. The van der Waals surface area contributed by atoms with Crippen molar-refractivity contribution in [2.24, 2.45) is 0 Å². The molecule has 1 atom stereocenters. The number of methoxy groups -OCH3 is 1. The Hall–Kier alpha value is -2.25. The van der Waals surface area contributed by atoms with E-state index < -0.39 is 15.9 Å². The first-order chi connectivity index (χ1) is 12.8. The Kier molecular flexibility index (Phi) is 5.62. The van der Waals surface area contributed by atoms with Crippen LogP contribution in [0.25, 0.3) is 6.08 Å². The Labute approximate surface area is 160 Å². The molecule has 1 fully saturated rings. The highest BCUT2D eigenvalue weighted by molar-refractivity contribution is 7.91. The van der Waals surface area contributed by atoms with Gasteiger partial charge in [0.1, 0.15) is 6.10 Å². The molecule has 27 heavy (non-hydrogen) atoms. The molecule has 3 rings (SSSR count). The summed E-state index contributed by atoms with van der Waals surface area (Å²) in [5, 5.41) is 9.74. The van der Waals surface area contributed by atoms with E-state index in [-0.39, 0.29) is 17.6 Å². The first-order valence-corrected chi connectivity index (χ1v) is 10.7. The molecule has 1 aromatic rings. The summed E-state index contributed by atoms with van der Waals surface area (Å²) in [6.45, 7) is 3.88. The van der Waals surface area contributed by atoms with Gasteiger partial charge >= 0.3 is 0 Å². The van der Waals surface area contributed by atoms with E-state index in [9.17, 15) is 13.5 Å². The normalized spacial score (nSPS) is 22.7. The molecular weight excluding hydrogens is 366 g/mol. The van der Waals surface area contributed by atoms with Crippen LogP contribution in [0.15, 0.2) is 47.9 Å². The van der Waals surface area contributed by atoms with E-state index in [0.717, 1.165) is 17.0 Å². The van der Waals surface area contributed by atoms with Crippen LogP contribution in [0.1, 0.15) is 25.8 Å². The van der Waals surface area contributed by atoms with Crippen LogP contribution in [-0.2, 0) is 9.84 Å². The van der Waals surface area contributed by atoms with Gasteiger partial charge in [-0.25, -0.2) is 8.42 Å². The second-order valence-electron chi connectivity index (χ2n) is 6.85. The molecule has 1 N–H and O–H groups in total. The maximum absolute atomic E-state index is 11.7. The fourth-order valence-corrected chi connectivity index (χ4v) is 4.89. The Morgan fingerprint density at radius 2 is 1.89 bits per heavy atom. The lowest BCUT2D eigenvalue weighted by Crippen LogP contribution is -2.20. The van der Waals surface area contributed by atoms with Gasteiger partial charge in [0, 0.05) is 17.6 Å². The van der Waals surface area contributed by atoms with E-state index in [4.69, 9.17) is 9.47 Å². The van der Waals surface area contributed by atoms with Gasteiger partial charge in [0.15, 0.2) is 21.3 Å². The Morgan fingerprint density at radius 3 is 2.48 bits per heavy atom. The highest BCUT2D eigenvalue weighted by atomic mass is 32.2. The van der Waals surface area contributed by atoms with Gasteiger partial charge in [-0.2, -0.15) is 0 Å². The van der Waals surface area contributed by atoms with Crippen LogP contribution in [0, 0.1) is 0 Å². The summed E-state index contributed by atoms with van der Waals surface area (Å²) in [5.41, 5.74) is 2.79. The zero-order valence-electron chi connectivity index (χ0n) is 15.8. The van der Waals surface area contributed by atoms with Gasteiger partial charge in [-0.3, -0.25) is 0 Å². The zero-order valence-corrected chi connectivity index (χ0v) is 16.6. The Bertz CT molecular complexity index is 881. The van der Waals surface area contributed by atoms with Crippen molar-refractivity contribution in [2.75, 3.05) is 18.6 Å². The molecule has 0 aromatic heterocycles.